The molecule has 6 atom stereocenters. The lowest BCUT2D eigenvalue weighted by atomic mass is 10.0. The number of nitrogens with zero attached hydrogens (tertiary/aromatic N) is 2. The van der Waals surface area contributed by atoms with Gasteiger partial charge in [0.25, 0.3) is 5.91 Å². The van der Waals surface area contributed by atoms with Crippen molar-refractivity contribution in [1.82, 2.24) is 20.6 Å². The van der Waals surface area contributed by atoms with Crippen LogP contribution < -0.4 is 28.0 Å². The molecule has 0 saturated carbocycles. The normalized spacial score (nSPS) is 18.4. The monoisotopic (exact) mass is 621 g/mol. The highest BCUT2D eigenvalue weighted by Crippen LogP contribution is 2.19. The molecule has 42 heavy (non-hydrogen) atoms. The van der Waals surface area contributed by atoms with Gasteiger partial charge in [-0.15, -0.1) is 0 Å². The lowest BCUT2D eigenvalue weighted by Crippen LogP contribution is -2.62. The van der Waals surface area contributed by atoms with E-state index >= 15 is 0 Å². The highest BCUT2D eigenvalue weighted by atomic mass is 32.2. The molecular weight excluding hydrogens is 578 g/mol. The number of hydrogen-bond donors (Lipinski definition) is 8. The van der Waals surface area contributed by atoms with Crippen LogP contribution in [0.4, 0.5) is 0 Å². The van der Waals surface area contributed by atoms with Gasteiger partial charge in [0.1, 0.15) is 18.1 Å². The number of likely N-dealkylation sites (tertiary alicyclic amines) is 1. The first-order valence-corrected chi connectivity index (χ1v) is 14.7. The molecule has 0 spiro atoms. The summed E-state index contributed by atoms with van der Waals surface area (Å²) in [6, 6.07) is -8.31. The Morgan fingerprint density at radius 1 is 0.976 bits per heavy atom. The number of imide groups is 1. The molecule has 1 saturated heterocycles. The first kappa shape index (κ1) is 37.2. The van der Waals surface area contributed by atoms with Crippen molar-refractivity contribution in [2.75, 3.05) is 38.4 Å². The van der Waals surface area contributed by atoms with Crippen LogP contribution in [0, 0.1) is 5.92 Å². The third-order valence-corrected chi connectivity index (χ3v) is 7.05. The van der Waals surface area contributed by atoms with Gasteiger partial charge < -0.3 is 47.6 Å². The summed E-state index contributed by atoms with van der Waals surface area (Å²) in [6.07, 6.45) is 2.69. The quantitative estimate of drug-likeness (QED) is 0.0796. The lowest BCUT2D eigenvalue weighted by Gasteiger charge is -2.31. The van der Waals surface area contributed by atoms with Gasteiger partial charge >= 0.3 is 5.97 Å². The number of aliphatic hydroxyl groups excluding tert-OH is 3. The van der Waals surface area contributed by atoms with Crippen LogP contribution in [-0.2, 0) is 33.6 Å². The Balaban J connectivity index is 2.97. The molecule has 1 fully saturated rings. The van der Waals surface area contributed by atoms with E-state index in [-0.39, 0.29) is 18.9 Å². The predicted octanol–water partition coefficient (Wildman–Crippen LogP) is -4.87. The van der Waals surface area contributed by atoms with Crippen LogP contribution >= 0.6 is 11.8 Å². The molecule has 5 amide bonds. The van der Waals surface area contributed by atoms with Gasteiger partial charge in [-0.3, -0.25) is 28.9 Å². The molecular formula is C24H43N7O10S. The first-order valence-electron chi connectivity index (χ1n) is 13.3. The topological polar surface area (TPSA) is 281 Å². The first-order chi connectivity index (χ1) is 19.7. The van der Waals surface area contributed by atoms with Crippen molar-refractivity contribution in [3.63, 3.8) is 0 Å². The minimum Gasteiger partial charge on any atom is -0.394 e. The number of hydroxylamine groups is 1. The Kier molecular flexibility index (Phi) is 15.9. The Hall–Kier alpha value is -2.87. The largest absolute Gasteiger partial charge is 0.394 e. The maximum atomic E-state index is 13.0. The fourth-order valence-corrected chi connectivity index (χ4v) is 4.70. The average Bonchev–Trinajstić information content (AvgIpc) is 3.45. The summed E-state index contributed by atoms with van der Waals surface area (Å²) in [7, 11) is 0. The van der Waals surface area contributed by atoms with Gasteiger partial charge in [-0.25, -0.2) is 4.79 Å². The zero-order valence-corrected chi connectivity index (χ0v) is 24.7. The SMILES string of the molecule is CSC[C@H](N)C(=O)N1CCC[C@H]1C(=O)N[C@@H](CO)C(=O)ONC(=O)[C@H](CO)N(C(=O)[C@@H](N)CO)C(=O)[C@@H](N)CC(C)C. The molecule has 11 N–H and O–H groups in total. The number of carbonyl (C=O) groups is 6. The van der Waals surface area contributed by atoms with Crippen LogP contribution in [0.1, 0.15) is 33.1 Å². The van der Waals surface area contributed by atoms with E-state index in [9.17, 15) is 44.1 Å². The van der Waals surface area contributed by atoms with Gasteiger partial charge in [-0.1, -0.05) is 13.8 Å². The fourth-order valence-electron chi connectivity index (χ4n) is 4.20. The van der Waals surface area contributed by atoms with Crippen LogP contribution in [-0.4, -0.2) is 135 Å². The van der Waals surface area contributed by atoms with Crippen LogP contribution in [0.2, 0.25) is 0 Å². The van der Waals surface area contributed by atoms with Gasteiger partial charge in [0.15, 0.2) is 6.04 Å². The molecule has 0 unspecified atom stereocenters. The van der Waals surface area contributed by atoms with E-state index in [1.165, 1.54) is 16.7 Å². The number of carbonyl (C=O) groups excluding carboxylic acids is 6. The van der Waals surface area contributed by atoms with Crippen molar-refractivity contribution in [2.45, 2.75) is 69.4 Å². The molecule has 17 nitrogen and oxygen atoms in total. The van der Waals surface area contributed by atoms with E-state index in [1.54, 1.807) is 25.6 Å². The zero-order chi connectivity index (χ0) is 32.1. The van der Waals surface area contributed by atoms with E-state index in [0.717, 1.165) is 0 Å². The van der Waals surface area contributed by atoms with Gasteiger partial charge in [-0.05, 0) is 31.4 Å². The van der Waals surface area contributed by atoms with Crippen LogP contribution in [0.25, 0.3) is 0 Å². The molecule has 1 rings (SSSR count). The number of nitrogens with one attached hydrogen (secondary N) is 2. The van der Waals surface area contributed by atoms with Gasteiger partial charge in [0, 0.05) is 12.3 Å². The van der Waals surface area contributed by atoms with E-state index in [1.807, 2.05) is 0 Å². The summed E-state index contributed by atoms with van der Waals surface area (Å²) in [5.74, 6) is -5.88. The number of nitrogens with two attached hydrogens (primary N) is 3. The molecule has 0 aromatic heterocycles. The van der Waals surface area contributed by atoms with Gasteiger partial charge in [-0.2, -0.15) is 17.2 Å². The van der Waals surface area contributed by atoms with Crippen molar-refractivity contribution < 1.29 is 48.9 Å². The summed E-state index contributed by atoms with van der Waals surface area (Å²) in [5.41, 5.74) is 19.0. The molecule has 0 aromatic rings. The van der Waals surface area contributed by atoms with Crippen molar-refractivity contribution >= 4 is 47.3 Å². The Morgan fingerprint density at radius 2 is 1.60 bits per heavy atom. The van der Waals surface area contributed by atoms with E-state index in [2.05, 4.69) is 10.2 Å². The number of amides is 5. The third-order valence-electron chi connectivity index (χ3n) is 6.36. The molecule has 1 heterocycles. The van der Waals surface area contributed by atoms with Crippen molar-refractivity contribution in [1.29, 1.82) is 0 Å². The van der Waals surface area contributed by atoms with Crippen LogP contribution in [0.15, 0.2) is 0 Å². The number of thioether (sulfide) groups is 1. The summed E-state index contributed by atoms with van der Waals surface area (Å²) in [4.78, 5) is 82.9. The minimum absolute atomic E-state index is 0.0816. The summed E-state index contributed by atoms with van der Waals surface area (Å²) >= 11 is 1.37. The number of aliphatic hydroxyl groups is 3. The second-order valence-corrected chi connectivity index (χ2v) is 11.1. The molecule has 1 aliphatic rings. The molecule has 1 aliphatic heterocycles. The van der Waals surface area contributed by atoms with E-state index in [4.69, 9.17) is 17.2 Å². The van der Waals surface area contributed by atoms with Crippen LogP contribution in [0.5, 0.6) is 0 Å². The number of hydrogen-bond acceptors (Lipinski definition) is 14. The molecule has 0 radical (unpaired) electrons. The van der Waals surface area contributed by atoms with E-state index < -0.39 is 91.6 Å². The molecule has 18 heteroatoms. The second kappa shape index (κ2) is 17.9. The Morgan fingerprint density at radius 3 is 2.12 bits per heavy atom. The smallest absolute Gasteiger partial charge is 0.356 e. The molecule has 240 valence electrons. The lowest BCUT2D eigenvalue weighted by molar-refractivity contribution is -0.167. The molecule has 0 aromatic carbocycles. The Labute approximate surface area is 247 Å². The van der Waals surface area contributed by atoms with Crippen LogP contribution in [0.3, 0.4) is 0 Å². The highest BCUT2D eigenvalue weighted by molar-refractivity contribution is 7.98. The number of rotatable bonds is 15. The van der Waals surface area contributed by atoms with E-state index in [0.29, 0.717) is 23.5 Å². The summed E-state index contributed by atoms with van der Waals surface area (Å²) < 4.78 is 0. The Bertz CT molecular complexity index is 972. The maximum Gasteiger partial charge on any atom is 0.356 e. The maximum absolute atomic E-state index is 13.0. The average molecular weight is 622 g/mol. The fraction of sp³-hybridized carbons (Fsp3) is 0.750. The summed E-state index contributed by atoms with van der Waals surface area (Å²) in [5, 5.41) is 31.1. The standard InChI is InChI=1S/C24H43N7O10S/c1-12(2)7-13(25)22(38)31(23(39)14(26)8-32)18(10-34)20(36)29-41-24(40)16(9-33)28-19(35)17-5-4-6-30(17)21(37)15(27)11-42-3/h12-18,32-34H,4-11,25-27H2,1-3H3,(H,28,35)(H,29,36)/t13-,14-,15-,16-,17-,18-/m0/s1. The van der Waals surface area contributed by atoms with Gasteiger partial charge in [0.2, 0.25) is 23.6 Å². The van der Waals surface area contributed by atoms with Gasteiger partial charge in [0.05, 0.1) is 31.9 Å². The highest BCUT2D eigenvalue weighted by Gasteiger charge is 2.40. The molecule has 0 aliphatic carbocycles. The second-order valence-electron chi connectivity index (χ2n) is 10.2. The van der Waals surface area contributed by atoms with Crippen molar-refractivity contribution in [3.8, 4) is 0 Å². The zero-order valence-electron chi connectivity index (χ0n) is 23.9. The predicted molar refractivity (Wildman–Crippen MR) is 150 cm³/mol. The summed E-state index contributed by atoms with van der Waals surface area (Å²) in [6.45, 7) is 0.830. The van der Waals surface area contributed by atoms with Crippen molar-refractivity contribution in [2.24, 2.45) is 23.1 Å². The minimum atomic E-state index is -1.96. The third kappa shape index (κ3) is 10.1. The van der Waals surface area contributed by atoms with Crippen molar-refractivity contribution in [3.05, 3.63) is 0 Å². The molecule has 0 bridgehead atoms.